The summed E-state index contributed by atoms with van der Waals surface area (Å²) in [4.78, 5) is 24.9. The SMILES string of the molecule is O=C(COS(=O)C(F)(F)F)c1ccc(Cl)cc1.O=S([O-])C(F)(F)F.[N-]=[N+]=CC(=O)c1ccc(Cl)cc1.[Na+]. The van der Waals surface area contributed by atoms with E-state index in [-0.39, 0.29) is 40.9 Å². The minimum atomic E-state index is -5.08. The fraction of sp³-hybridized carbons (Fsp3) is 0.167. The number of halogens is 8. The third-order valence-electron chi connectivity index (χ3n) is 3.14. The van der Waals surface area contributed by atoms with Crippen LogP contribution in [0.2, 0.25) is 10.0 Å². The molecule has 0 bridgehead atoms. The van der Waals surface area contributed by atoms with Crippen molar-refractivity contribution in [3.05, 3.63) is 75.2 Å². The molecule has 2 aromatic carbocycles. The van der Waals surface area contributed by atoms with E-state index in [2.05, 4.69) is 8.97 Å². The van der Waals surface area contributed by atoms with Gasteiger partial charge in [0.1, 0.15) is 6.61 Å². The van der Waals surface area contributed by atoms with Gasteiger partial charge in [0.25, 0.3) is 16.9 Å². The van der Waals surface area contributed by atoms with Crippen LogP contribution in [0.5, 0.6) is 0 Å². The Morgan fingerprint density at radius 1 is 0.892 bits per heavy atom. The number of rotatable bonds is 6. The standard InChI is InChI=1S/C9H6ClF3O3S.C8H5ClN2O.CHF3O2S.Na/c10-7-3-1-6(2-4-7)8(14)5-16-17(15)9(11,12)13;9-7-3-1-6(2-4-7)8(12)5-11-10;2-1(3,4)7(5)6;/h1-4H,5H2;1-5H;(H,5,6);/q;;;+1/p-1. The van der Waals surface area contributed by atoms with Crippen molar-refractivity contribution in [3.8, 4) is 0 Å². The minimum Gasteiger partial charge on any atom is -0.766 e. The number of benzene rings is 2. The van der Waals surface area contributed by atoms with Crippen molar-refractivity contribution in [1.29, 1.82) is 0 Å². The zero-order valence-electron chi connectivity index (χ0n) is 18.1. The van der Waals surface area contributed by atoms with E-state index in [9.17, 15) is 40.1 Å². The molecule has 0 aliphatic carbocycles. The third-order valence-corrected chi connectivity index (χ3v) is 4.74. The van der Waals surface area contributed by atoms with Crippen LogP contribution in [-0.4, -0.2) is 53.2 Å². The van der Waals surface area contributed by atoms with Gasteiger partial charge in [0, 0.05) is 21.2 Å². The van der Waals surface area contributed by atoms with Gasteiger partial charge >= 0.3 is 46.8 Å². The Bertz CT molecular complexity index is 1130. The van der Waals surface area contributed by atoms with Crippen molar-refractivity contribution in [3.63, 3.8) is 0 Å². The first kappa shape index (κ1) is 37.7. The predicted octanol–water partition coefficient (Wildman–Crippen LogP) is 1.94. The van der Waals surface area contributed by atoms with Crippen molar-refractivity contribution in [2.24, 2.45) is 0 Å². The molecule has 0 amide bonds. The summed E-state index contributed by atoms with van der Waals surface area (Å²) in [5.41, 5.74) is -1.42. The van der Waals surface area contributed by atoms with Gasteiger partial charge in [-0.2, -0.15) is 31.1 Å². The summed E-state index contributed by atoms with van der Waals surface area (Å²) in [6.45, 7) is -0.909. The van der Waals surface area contributed by atoms with Gasteiger partial charge in [0.15, 0.2) is 5.78 Å². The molecule has 8 nitrogen and oxygen atoms in total. The summed E-state index contributed by atoms with van der Waals surface area (Å²) in [5.74, 6) is -1.06. The Kier molecular flexibility index (Phi) is 18.3. The van der Waals surface area contributed by atoms with Crippen LogP contribution in [0.4, 0.5) is 26.3 Å². The average molecular weight is 623 g/mol. The Morgan fingerprint density at radius 2 is 1.27 bits per heavy atom. The maximum Gasteiger partial charge on any atom is 1.00 e. The second-order valence-corrected chi connectivity index (χ2v) is 8.64. The molecule has 2 unspecified atom stereocenters. The van der Waals surface area contributed by atoms with E-state index in [1.54, 1.807) is 24.3 Å². The predicted molar refractivity (Wildman–Crippen MR) is 116 cm³/mol. The molecular formula is C18H11Cl2F6N2NaO6S2. The van der Waals surface area contributed by atoms with E-state index in [4.69, 9.17) is 37.5 Å². The Labute approximate surface area is 242 Å². The molecule has 0 aromatic heterocycles. The average Bonchev–Trinajstić information content (AvgIpc) is 2.78. The fourth-order valence-corrected chi connectivity index (χ4v) is 2.23. The first-order chi connectivity index (χ1) is 16.5. The second kappa shape index (κ2) is 17.9. The van der Waals surface area contributed by atoms with E-state index in [1.165, 1.54) is 24.3 Å². The fourth-order valence-electron chi connectivity index (χ4n) is 1.63. The number of hydrogen-bond acceptors (Lipinski definition) is 6. The van der Waals surface area contributed by atoms with Crippen molar-refractivity contribution >= 4 is 63.1 Å². The summed E-state index contributed by atoms with van der Waals surface area (Å²) in [5, 5.41) is 0.953. The molecule has 0 aliphatic rings. The third kappa shape index (κ3) is 16.9. The molecule has 2 aromatic rings. The van der Waals surface area contributed by atoms with Crippen LogP contribution in [0.3, 0.4) is 0 Å². The molecular weight excluding hydrogens is 612 g/mol. The summed E-state index contributed by atoms with van der Waals surface area (Å²) in [6, 6.07) is 11.8. The van der Waals surface area contributed by atoms with Gasteiger partial charge in [-0.3, -0.25) is 18.0 Å². The number of carbonyl (C=O) groups excluding carboxylic acids is 2. The maximum atomic E-state index is 11.8. The first-order valence-corrected chi connectivity index (χ1v) is 11.4. The molecule has 0 spiro atoms. The van der Waals surface area contributed by atoms with Crippen molar-refractivity contribution in [2.75, 3.05) is 6.61 Å². The zero-order valence-corrected chi connectivity index (χ0v) is 23.2. The van der Waals surface area contributed by atoms with E-state index < -0.39 is 45.6 Å². The molecule has 0 fully saturated rings. The van der Waals surface area contributed by atoms with Gasteiger partial charge < -0.3 is 10.1 Å². The molecule has 2 atom stereocenters. The molecule has 2 rings (SSSR count). The molecule has 0 aliphatic heterocycles. The topological polar surface area (TPSA) is 137 Å². The summed E-state index contributed by atoms with van der Waals surface area (Å²) < 4.78 is 99.3. The van der Waals surface area contributed by atoms with Crippen molar-refractivity contribution in [1.82, 2.24) is 0 Å². The Balaban J connectivity index is 0. The van der Waals surface area contributed by atoms with Gasteiger partial charge in [0.2, 0.25) is 0 Å². The van der Waals surface area contributed by atoms with Crippen LogP contribution < -0.4 is 29.6 Å². The van der Waals surface area contributed by atoms with Crippen molar-refractivity contribution in [2.45, 2.75) is 11.0 Å². The molecule has 0 saturated carbocycles. The smallest absolute Gasteiger partial charge is 0.766 e. The van der Waals surface area contributed by atoms with E-state index in [0.717, 1.165) is 6.21 Å². The van der Waals surface area contributed by atoms with Gasteiger partial charge in [-0.05, 0) is 48.5 Å². The van der Waals surface area contributed by atoms with Crippen LogP contribution in [0.1, 0.15) is 20.7 Å². The van der Waals surface area contributed by atoms with E-state index in [1.807, 2.05) is 0 Å². The summed E-state index contributed by atoms with van der Waals surface area (Å²) in [7, 11) is 0. The van der Waals surface area contributed by atoms with E-state index in [0.29, 0.717) is 15.6 Å². The zero-order chi connectivity index (χ0) is 28.1. The quantitative estimate of drug-likeness (QED) is 0.0918. The molecule has 198 valence electrons. The normalized spacial score (nSPS) is 12.1. The van der Waals surface area contributed by atoms with E-state index >= 15 is 0 Å². The Hall–Kier alpha value is -1.46. The van der Waals surface area contributed by atoms with Gasteiger partial charge in [-0.15, -0.1) is 0 Å². The van der Waals surface area contributed by atoms with Crippen molar-refractivity contribution < 1.29 is 87.4 Å². The molecule has 37 heavy (non-hydrogen) atoms. The second-order valence-electron chi connectivity index (χ2n) is 5.67. The molecule has 0 saturated heterocycles. The molecule has 0 N–H and O–H groups in total. The first-order valence-electron chi connectivity index (χ1n) is 8.53. The number of carbonyl (C=O) groups is 2. The number of ketones is 2. The van der Waals surface area contributed by atoms with Crippen LogP contribution >= 0.6 is 23.2 Å². The van der Waals surface area contributed by atoms with Gasteiger partial charge in [-0.25, -0.2) is 4.21 Å². The summed E-state index contributed by atoms with van der Waals surface area (Å²) >= 11 is 3.75. The minimum absolute atomic E-state index is 0. The maximum absolute atomic E-state index is 11.8. The summed E-state index contributed by atoms with van der Waals surface area (Å²) in [6.07, 6.45) is 0.837. The van der Waals surface area contributed by atoms with Crippen LogP contribution in [-0.2, 0) is 26.3 Å². The number of alkyl halides is 6. The number of Topliss-reactive ketones (excluding diaryl/α,β-unsaturated/α-hetero) is 2. The molecule has 0 heterocycles. The molecule has 0 radical (unpaired) electrons. The van der Waals surface area contributed by atoms with Gasteiger partial charge in [-0.1, -0.05) is 23.2 Å². The number of hydrogen-bond donors (Lipinski definition) is 0. The number of nitrogens with zero attached hydrogens (tertiary/aromatic N) is 2. The van der Waals surface area contributed by atoms with Gasteiger partial charge in [0.05, 0.1) is 11.1 Å². The van der Waals surface area contributed by atoms with Crippen LogP contribution in [0.25, 0.3) is 5.53 Å². The Morgan fingerprint density at radius 3 is 1.59 bits per heavy atom. The van der Waals surface area contributed by atoms with Crippen LogP contribution in [0.15, 0.2) is 48.5 Å². The van der Waals surface area contributed by atoms with Crippen LogP contribution in [0, 0.1) is 0 Å². The molecule has 19 heteroatoms. The monoisotopic (exact) mass is 622 g/mol. The largest absolute Gasteiger partial charge is 1.00 e.